The summed E-state index contributed by atoms with van der Waals surface area (Å²) in [6, 6.07) is 12.4. The first-order chi connectivity index (χ1) is 14.3. The number of nitrogens with one attached hydrogen (secondary N) is 1. The minimum atomic E-state index is -4.71. The fourth-order valence-corrected chi connectivity index (χ4v) is 3.33. The Morgan fingerprint density at radius 1 is 1.10 bits per heavy atom. The van der Waals surface area contributed by atoms with E-state index < -0.39 is 18.1 Å². The van der Waals surface area contributed by atoms with Crippen LogP contribution in [0.1, 0.15) is 22.2 Å². The van der Waals surface area contributed by atoms with Gasteiger partial charge in [-0.25, -0.2) is 4.98 Å². The second-order valence-electron chi connectivity index (χ2n) is 6.48. The van der Waals surface area contributed by atoms with E-state index >= 15 is 0 Å². The highest BCUT2D eigenvalue weighted by Crippen LogP contribution is 2.33. The van der Waals surface area contributed by atoms with Crippen LogP contribution in [-0.2, 0) is 0 Å². The monoisotopic (exact) mass is 430 g/mol. The third-order valence-corrected chi connectivity index (χ3v) is 4.71. The molecule has 5 nitrogen and oxygen atoms in total. The molecule has 3 aromatic heterocycles. The molecular formula is C21H14ClF3N4O. The van der Waals surface area contributed by atoms with Gasteiger partial charge in [-0.2, -0.15) is 13.2 Å². The number of halogens is 4. The molecule has 1 amide bonds. The van der Waals surface area contributed by atoms with E-state index in [1.807, 2.05) is 5.32 Å². The van der Waals surface area contributed by atoms with Crippen molar-refractivity contribution < 1.29 is 18.0 Å². The molecule has 0 bridgehead atoms. The van der Waals surface area contributed by atoms with Crippen molar-refractivity contribution in [1.82, 2.24) is 19.7 Å². The summed E-state index contributed by atoms with van der Waals surface area (Å²) in [5.41, 5.74) is 1.47. The van der Waals surface area contributed by atoms with Gasteiger partial charge in [0, 0.05) is 34.7 Å². The molecule has 4 rings (SSSR count). The fraction of sp³-hybridized carbons (Fsp3) is 0.0952. The molecule has 0 saturated heterocycles. The fourth-order valence-electron chi connectivity index (χ4n) is 3.14. The van der Waals surface area contributed by atoms with Gasteiger partial charge in [-0.05, 0) is 30.3 Å². The van der Waals surface area contributed by atoms with Crippen LogP contribution in [0.2, 0.25) is 5.02 Å². The molecule has 1 N–H and O–H groups in total. The maximum Gasteiger partial charge on any atom is 0.412 e. The molecule has 0 aliphatic rings. The molecule has 152 valence electrons. The van der Waals surface area contributed by atoms with E-state index in [1.54, 1.807) is 48.7 Å². The summed E-state index contributed by atoms with van der Waals surface area (Å²) in [6.45, 7) is 0. The molecule has 0 spiro atoms. The van der Waals surface area contributed by atoms with E-state index in [0.717, 1.165) is 6.20 Å². The Labute approximate surface area is 174 Å². The third kappa shape index (κ3) is 3.86. The van der Waals surface area contributed by atoms with Crippen molar-refractivity contribution in [2.45, 2.75) is 12.2 Å². The van der Waals surface area contributed by atoms with Crippen molar-refractivity contribution in [1.29, 1.82) is 0 Å². The molecule has 9 heteroatoms. The lowest BCUT2D eigenvalue weighted by molar-refractivity contribution is -0.155. The maximum absolute atomic E-state index is 13.6. The molecule has 0 aliphatic heterocycles. The largest absolute Gasteiger partial charge is 0.412 e. The summed E-state index contributed by atoms with van der Waals surface area (Å²) in [5, 5.41) is 2.52. The first-order valence-electron chi connectivity index (χ1n) is 8.85. The van der Waals surface area contributed by atoms with Crippen molar-refractivity contribution >= 4 is 23.0 Å². The maximum atomic E-state index is 13.6. The number of carbonyl (C=O) groups is 1. The smallest absolute Gasteiger partial charge is 0.334 e. The van der Waals surface area contributed by atoms with E-state index in [0.29, 0.717) is 21.8 Å². The number of aromatic nitrogens is 3. The lowest BCUT2D eigenvalue weighted by Crippen LogP contribution is -2.38. The number of carbonyl (C=O) groups excluding carboxylic acids is 1. The molecule has 0 saturated carbocycles. The third-order valence-electron chi connectivity index (χ3n) is 4.47. The highest BCUT2D eigenvalue weighted by atomic mass is 35.5. The Balaban J connectivity index is 1.77. The zero-order valence-electron chi connectivity index (χ0n) is 15.3. The molecule has 3 heterocycles. The topological polar surface area (TPSA) is 59.3 Å². The summed E-state index contributed by atoms with van der Waals surface area (Å²) < 4.78 is 42.3. The van der Waals surface area contributed by atoms with Crippen molar-refractivity contribution in [3.8, 4) is 11.3 Å². The van der Waals surface area contributed by atoms with Crippen LogP contribution in [0, 0.1) is 0 Å². The Morgan fingerprint density at radius 3 is 2.63 bits per heavy atom. The lowest BCUT2D eigenvalue weighted by Gasteiger charge is -2.21. The minimum absolute atomic E-state index is 0.168. The van der Waals surface area contributed by atoms with E-state index in [2.05, 4.69) is 9.97 Å². The first-order valence-corrected chi connectivity index (χ1v) is 9.23. The average molecular weight is 431 g/mol. The molecular weight excluding hydrogens is 417 g/mol. The molecule has 0 fully saturated rings. The summed E-state index contributed by atoms with van der Waals surface area (Å²) in [5.74, 6) is -1.13. The number of imidazole rings is 1. The van der Waals surface area contributed by atoms with Crippen molar-refractivity contribution in [2.24, 2.45) is 0 Å². The highest BCUT2D eigenvalue weighted by molar-refractivity contribution is 6.30. The van der Waals surface area contributed by atoms with Crippen molar-refractivity contribution in [3.63, 3.8) is 0 Å². The highest BCUT2D eigenvalue weighted by Gasteiger charge is 2.42. The van der Waals surface area contributed by atoms with E-state index in [-0.39, 0.29) is 11.4 Å². The van der Waals surface area contributed by atoms with Crippen LogP contribution in [0.5, 0.6) is 0 Å². The van der Waals surface area contributed by atoms with Crippen LogP contribution in [-0.4, -0.2) is 26.5 Å². The summed E-state index contributed by atoms with van der Waals surface area (Å²) in [7, 11) is 0. The second kappa shape index (κ2) is 7.79. The number of rotatable bonds is 4. The number of fused-ring (bicyclic) bond motifs is 1. The summed E-state index contributed by atoms with van der Waals surface area (Å²) >= 11 is 6.06. The molecule has 1 unspecified atom stereocenters. The predicted molar refractivity (Wildman–Crippen MR) is 106 cm³/mol. The predicted octanol–water partition coefficient (Wildman–Crippen LogP) is 5.08. The lowest BCUT2D eigenvalue weighted by atomic mass is 10.1. The molecule has 30 heavy (non-hydrogen) atoms. The van der Waals surface area contributed by atoms with Gasteiger partial charge in [0.25, 0.3) is 5.91 Å². The van der Waals surface area contributed by atoms with E-state index in [4.69, 9.17) is 11.6 Å². The molecule has 4 aromatic rings. The van der Waals surface area contributed by atoms with E-state index in [1.165, 1.54) is 22.7 Å². The van der Waals surface area contributed by atoms with Crippen LogP contribution in [0.3, 0.4) is 0 Å². The number of nitrogens with zero attached hydrogens (tertiary/aromatic N) is 3. The van der Waals surface area contributed by atoms with Gasteiger partial charge < -0.3 is 5.32 Å². The molecule has 1 atom stereocenters. The van der Waals surface area contributed by atoms with Crippen LogP contribution in [0.25, 0.3) is 16.8 Å². The van der Waals surface area contributed by atoms with Crippen LogP contribution >= 0.6 is 11.6 Å². The van der Waals surface area contributed by atoms with E-state index in [9.17, 15) is 18.0 Å². The van der Waals surface area contributed by atoms with Gasteiger partial charge in [-0.3, -0.25) is 14.2 Å². The number of benzene rings is 1. The molecule has 0 aliphatic carbocycles. The standard InChI is InChI=1S/C21H14ClF3N4O/c22-15-7-3-5-13(11-15)17-16-8-1-2-10-29(16)19(27-17)20(30)28-18(21(23,24)25)14-6-4-9-26-12-14/h1-12,18H,(H,28,30). The molecule has 1 aromatic carbocycles. The van der Waals surface area contributed by atoms with Gasteiger partial charge in [0.1, 0.15) is 0 Å². The van der Waals surface area contributed by atoms with Crippen LogP contribution in [0.15, 0.2) is 73.2 Å². The quantitative estimate of drug-likeness (QED) is 0.491. The van der Waals surface area contributed by atoms with Gasteiger partial charge in [0.05, 0.1) is 11.2 Å². The van der Waals surface area contributed by atoms with Crippen molar-refractivity contribution in [3.05, 3.63) is 89.6 Å². The first kappa shape index (κ1) is 19.9. The number of hydrogen-bond acceptors (Lipinski definition) is 3. The number of alkyl halides is 3. The normalized spacial score (nSPS) is 12.7. The molecule has 0 radical (unpaired) electrons. The Morgan fingerprint density at radius 2 is 1.93 bits per heavy atom. The van der Waals surface area contributed by atoms with Gasteiger partial charge in [-0.1, -0.05) is 35.9 Å². The zero-order valence-corrected chi connectivity index (χ0v) is 16.0. The summed E-state index contributed by atoms with van der Waals surface area (Å²) in [6.07, 6.45) is -0.711. The van der Waals surface area contributed by atoms with Gasteiger partial charge in [0.2, 0.25) is 5.82 Å². The van der Waals surface area contributed by atoms with Gasteiger partial charge >= 0.3 is 6.18 Å². The van der Waals surface area contributed by atoms with Gasteiger partial charge in [0.15, 0.2) is 6.04 Å². The number of hydrogen-bond donors (Lipinski definition) is 1. The SMILES string of the molecule is O=C(NC(c1cccnc1)C(F)(F)F)c1nc(-c2cccc(Cl)c2)c2ccccn12. The number of amides is 1. The Bertz CT molecular complexity index is 1210. The number of pyridine rings is 2. The van der Waals surface area contributed by atoms with Gasteiger partial charge in [-0.15, -0.1) is 0 Å². The minimum Gasteiger partial charge on any atom is -0.334 e. The zero-order chi connectivity index (χ0) is 21.3. The second-order valence-corrected chi connectivity index (χ2v) is 6.92. The average Bonchev–Trinajstić information content (AvgIpc) is 3.11. The summed E-state index contributed by atoms with van der Waals surface area (Å²) in [4.78, 5) is 20.9. The Kier molecular flexibility index (Phi) is 5.17. The van der Waals surface area contributed by atoms with Crippen LogP contribution in [0.4, 0.5) is 13.2 Å². The van der Waals surface area contributed by atoms with Crippen LogP contribution < -0.4 is 5.32 Å². The van der Waals surface area contributed by atoms with Crippen molar-refractivity contribution in [2.75, 3.05) is 0 Å². The Hall–Kier alpha value is -3.39.